The molecule has 0 aliphatic heterocycles. The smallest absolute Gasteiger partial charge is 0.390 e. The van der Waals surface area contributed by atoms with Crippen LogP contribution in [0.1, 0.15) is 50.7 Å². The van der Waals surface area contributed by atoms with E-state index in [2.05, 4.69) is 13.8 Å². The molecular weight excluding hydrogens is 265 g/mol. The number of aliphatic hydroxyl groups is 1. The summed E-state index contributed by atoms with van der Waals surface area (Å²) in [5, 5.41) is 10.7. The molecule has 4 heteroatoms. The zero-order valence-electron chi connectivity index (χ0n) is 11.9. The zero-order valence-corrected chi connectivity index (χ0v) is 11.9. The van der Waals surface area contributed by atoms with Gasteiger partial charge in [0.1, 0.15) is 0 Å². The van der Waals surface area contributed by atoms with Crippen molar-refractivity contribution in [2.45, 2.75) is 57.7 Å². The van der Waals surface area contributed by atoms with E-state index in [1.54, 1.807) is 0 Å². The molecule has 1 saturated carbocycles. The molecule has 0 radical (unpaired) electrons. The minimum atomic E-state index is -4.30. The molecule has 1 N–H and O–H groups in total. The first-order valence-electron chi connectivity index (χ1n) is 6.98. The lowest BCUT2D eigenvalue weighted by Crippen LogP contribution is -2.40. The van der Waals surface area contributed by atoms with E-state index in [9.17, 15) is 18.3 Å². The third kappa shape index (κ3) is 3.75. The van der Waals surface area contributed by atoms with Gasteiger partial charge in [0.2, 0.25) is 0 Å². The molecule has 0 amide bonds. The van der Waals surface area contributed by atoms with Gasteiger partial charge in [-0.05, 0) is 42.4 Å². The van der Waals surface area contributed by atoms with Gasteiger partial charge < -0.3 is 5.11 Å². The topological polar surface area (TPSA) is 20.2 Å². The summed E-state index contributed by atoms with van der Waals surface area (Å²) in [6, 6.07) is 5.13. The normalized spacial score (nSPS) is 26.5. The standard InChI is InChI=1S/C16H21F3O/c1-14(2)8-3-9-15(20,11-14)10-12-4-6-13(7-5-12)16(17,18)19/h4-7,20H,3,8-11H2,1-2H3. The second-order valence-corrected chi connectivity index (χ2v) is 6.79. The van der Waals surface area contributed by atoms with Gasteiger partial charge in [0.15, 0.2) is 0 Å². The molecule has 1 aromatic carbocycles. The number of hydrogen-bond donors (Lipinski definition) is 1. The molecule has 0 bridgehead atoms. The zero-order chi connectivity index (χ0) is 15.0. The molecule has 2 rings (SSSR count). The van der Waals surface area contributed by atoms with Crippen molar-refractivity contribution in [1.29, 1.82) is 0 Å². The average molecular weight is 286 g/mol. The number of halogens is 3. The van der Waals surface area contributed by atoms with Crippen molar-refractivity contribution in [2.75, 3.05) is 0 Å². The van der Waals surface area contributed by atoms with E-state index in [1.165, 1.54) is 12.1 Å². The number of hydrogen-bond acceptors (Lipinski definition) is 1. The van der Waals surface area contributed by atoms with Crippen LogP contribution in [-0.4, -0.2) is 10.7 Å². The Morgan fingerprint density at radius 3 is 2.20 bits per heavy atom. The molecule has 20 heavy (non-hydrogen) atoms. The molecule has 1 nitrogen and oxygen atoms in total. The summed E-state index contributed by atoms with van der Waals surface area (Å²) >= 11 is 0. The molecule has 1 aliphatic rings. The average Bonchev–Trinajstić information content (AvgIpc) is 2.25. The van der Waals surface area contributed by atoms with Crippen LogP contribution in [0.25, 0.3) is 0 Å². The summed E-state index contributed by atoms with van der Waals surface area (Å²) in [6.45, 7) is 4.26. The lowest BCUT2D eigenvalue weighted by atomic mass is 9.68. The Balaban J connectivity index is 2.10. The summed E-state index contributed by atoms with van der Waals surface area (Å²) < 4.78 is 37.5. The van der Waals surface area contributed by atoms with Crippen molar-refractivity contribution in [3.05, 3.63) is 35.4 Å². The molecule has 0 aromatic heterocycles. The number of benzene rings is 1. The van der Waals surface area contributed by atoms with Gasteiger partial charge in [0.05, 0.1) is 11.2 Å². The van der Waals surface area contributed by atoms with Crippen LogP contribution in [0.5, 0.6) is 0 Å². The van der Waals surface area contributed by atoms with E-state index in [0.29, 0.717) is 12.8 Å². The molecule has 0 heterocycles. The molecule has 1 fully saturated rings. The predicted octanol–water partition coefficient (Wildman–Crippen LogP) is 4.58. The van der Waals surface area contributed by atoms with Crippen molar-refractivity contribution in [1.82, 2.24) is 0 Å². The van der Waals surface area contributed by atoms with E-state index in [-0.39, 0.29) is 5.41 Å². The van der Waals surface area contributed by atoms with Gasteiger partial charge in [-0.1, -0.05) is 32.4 Å². The Morgan fingerprint density at radius 1 is 1.10 bits per heavy atom. The third-order valence-electron chi connectivity index (χ3n) is 4.12. The predicted molar refractivity (Wildman–Crippen MR) is 72.3 cm³/mol. The van der Waals surface area contributed by atoms with Gasteiger partial charge >= 0.3 is 6.18 Å². The highest BCUT2D eigenvalue weighted by Gasteiger charge is 2.38. The van der Waals surface area contributed by atoms with E-state index in [4.69, 9.17) is 0 Å². The van der Waals surface area contributed by atoms with Crippen LogP contribution in [0, 0.1) is 5.41 Å². The van der Waals surface area contributed by atoms with Crippen LogP contribution in [0.15, 0.2) is 24.3 Å². The Morgan fingerprint density at radius 2 is 1.70 bits per heavy atom. The molecular formula is C16H21F3O. The highest BCUT2D eigenvalue weighted by molar-refractivity contribution is 5.26. The molecule has 1 unspecified atom stereocenters. The molecule has 0 spiro atoms. The first-order valence-corrected chi connectivity index (χ1v) is 6.98. The van der Waals surface area contributed by atoms with Crippen LogP contribution in [0.4, 0.5) is 13.2 Å². The largest absolute Gasteiger partial charge is 0.416 e. The van der Waals surface area contributed by atoms with Gasteiger partial charge in [0.25, 0.3) is 0 Å². The lowest BCUT2D eigenvalue weighted by Gasteiger charge is -2.41. The second-order valence-electron chi connectivity index (χ2n) is 6.79. The molecule has 1 aromatic rings. The fraction of sp³-hybridized carbons (Fsp3) is 0.625. The van der Waals surface area contributed by atoms with E-state index in [0.717, 1.165) is 37.0 Å². The van der Waals surface area contributed by atoms with E-state index >= 15 is 0 Å². The molecule has 0 saturated heterocycles. The Bertz CT molecular complexity index is 462. The quantitative estimate of drug-likeness (QED) is 0.843. The highest BCUT2D eigenvalue weighted by Crippen LogP contribution is 2.42. The van der Waals surface area contributed by atoms with Gasteiger partial charge in [-0.3, -0.25) is 0 Å². The lowest BCUT2D eigenvalue weighted by molar-refractivity contribution is -0.137. The van der Waals surface area contributed by atoms with Gasteiger partial charge in [-0.25, -0.2) is 0 Å². The van der Waals surface area contributed by atoms with Crippen LogP contribution in [-0.2, 0) is 12.6 Å². The van der Waals surface area contributed by atoms with Crippen molar-refractivity contribution < 1.29 is 18.3 Å². The molecule has 112 valence electrons. The third-order valence-corrected chi connectivity index (χ3v) is 4.12. The highest BCUT2D eigenvalue weighted by atomic mass is 19.4. The maximum atomic E-state index is 12.5. The number of rotatable bonds is 2. The Labute approximate surface area is 117 Å². The minimum Gasteiger partial charge on any atom is -0.390 e. The summed E-state index contributed by atoms with van der Waals surface area (Å²) in [5.41, 5.74) is -0.573. The number of alkyl halides is 3. The summed E-state index contributed by atoms with van der Waals surface area (Å²) in [6.07, 6.45) is -0.415. The van der Waals surface area contributed by atoms with E-state index < -0.39 is 17.3 Å². The first kappa shape index (κ1) is 15.4. The van der Waals surface area contributed by atoms with Crippen molar-refractivity contribution in [3.63, 3.8) is 0 Å². The summed E-state index contributed by atoms with van der Waals surface area (Å²) in [5.74, 6) is 0. The van der Waals surface area contributed by atoms with Gasteiger partial charge in [0, 0.05) is 6.42 Å². The van der Waals surface area contributed by atoms with Crippen molar-refractivity contribution in [3.8, 4) is 0 Å². The van der Waals surface area contributed by atoms with Crippen molar-refractivity contribution in [2.24, 2.45) is 5.41 Å². The monoisotopic (exact) mass is 286 g/mol. The van der Waals surface area contributed by atoms with Gasteiger partial charge in [-0.15, -0.1) is 0 Å². The maximum absolute atomic E-state index is 12.5. The summed E-state index contributed by atoms with van der Waals surface area (Å²) in [7, 11) is 0. The Hall–Kier alpha value is -1.03. The van der Waals surface area contributed by atoms with Crippen LogP contribution in [0.3, 0.4) is 0 Å². The summed E-state index contributed by atoms with van der Waals surface area (Å²) in [4.78, 5) is 0. The van der Waals surface area contributed by atoms with Crippen LogP contribution in [0.2, 0.25) is 0 Å². The fourth-order valence-corrected chi connectivity index (χ4v) is 3.31. The maximum Gasteiger partial charge on any atom is 0.416 e. The molecule has 1 aliphatic carbocycles. The SMILES string of the molecule is CC1(C)CCCC(O)(Cc2ccc(C(F)(F)F)cc2)C1. The van der Waals surface area contributed by atoms with Crippen LogP contribution < -0.4 is 0 Å². The second kappa shape index (κ2) is 5.06. The van der Waals surface area contributed by atoms with Gasteiger partial charge in [-0.2, -0.15) is 13.2 Å². The van der Waals surface area contributed by atoms with Crippen LogP contribution >= 0.6 is 0 Å². The van der Waals surface area contributed by atoms with E-state index in [1.807, 2.05) is 0 Å². The minimum absolute atomic E-state index is 0.0961. The first-order chi connectivity index (χ1) is 9.10. The fourth-order valence-electron chi connectivity index (χ4n) is 3.31. The van der Waals surface area contributed by atoms with Crippen molar-refractivity contribution >= 4 is 0 Å². The molecule has 1 atom stereocenters. The Kier molecular flexibility index (Phi) is 3.89.